The van der Waals surface area contributed by atoms with Gasteiger partial charge in [-0.2, -0.15) is 0 Å². The number of nitrogen functional groups attached to an aromatic ring is 1. The molecular formula is C13H20N2O3S. The molecule has 1 aromatic rings. The number of aliphatic hydroxyl groups is 1. The van der Waals surface area contributed by atoms with Gasteiger partial charge in [-0.1, -0.05) is 12.8 Å². The van der Waals surface area contributed by atoms with Crippen molar-refractivity contribution in [3.63, 3.8) is 0 Å². The summed E-state index contributed by atoms with van der Waals surface area (Å²) in [6.07, 6.45) is 3.20. The molecule has 106 valence electrons. The van der Waals surface area contributed by atoms with Crippen molar-refractivity contribution < 1.29 is 13.5 Å². The lowest BCUT2D eigenvalue weighted by molar-refractivity contribution is 0.185. The highest BCUT2D eigenvalue weighted by Crippen LogP contribution is 2.31. The van der Waals surface area contributed by atoms with Crippen LogP contribution in [0.15, 0.2) is 23.1 Å². The molecule has 0 unspecified atom stereocenters. The smallest absolute Gasteiger partial charge is 0.241 e. The molecule has 4 N–H and O–H groups in total. The van der Waals surface area contributed by atoms with Gasteiger partial charge >= 0.3 is 0 Å². The first-order valence-electron chi connectivity index (χ1n) is 6.39. The Labute approximate surface area is 113 Å². The van der Waals surface area contributed by atoms with Gasteiger partial charge in [-0.05, 0) is 43.5 Å². The Kier molecular flexibility index (Phi) is 3.85. The summed E-state index contributed by atoms with van der Waals surface area (Å²) in [5, 5.41) is 9.48. The number of anilines is 1. The highest BCUT2D eigenvalue weighted by atomic mass is 32.2. The van der Waals surface area contributed by atoms with Crippen LogP contribution in [-0.2, 0) is 10.0 Å². The highest BCUT2D eigenvalue weighted by molar-refractivity contribution is 7.89. The van der Waals surface area contributed by atoms with E-state index in [4.69, 9.17) is 5.73 Å². The Morgan fingerprint density at radius 3 is 2.47 bits per heavy atom. The van der Waals surface area contributed by atoms with Crippen molar-refractivity contribution in [2.75, 3.05) is 12.3 Å². The quantitative estimate of drug-likeness (QED) is 0.723. The summed E-state index contributed by atoms with van der Waals surface area (Å²) in [6, 6.07) is 4.74. The Morgan fingerprint density at radius 1 is 1.32 bits per heavy atom. The van der Waals surface area contributed by atoms with E-state index in [0.29, 0.717) is 18.5 Å². The molecule has 0 heterocycles. The van der Waals surface area contributed by atoms with Gasteiger partial charge in [-0.15, -0.1) is 0 Å². The zero-order chi connectivity index (χ0) is 14.1. The normalized spacial score (nSPS) is 18.6. The molecular weight excluding hydrogens is 264 g/mol. The highest BCUT2D eigenvalue weighted by Gasteiger charge is 2.37. The van der Waals surface area contributed by atoms with Gasteiger partial charge in [-0.25, -0.2) is 13.1 Å². The van der Waals surface area contributed by atoms with Crippen molar-refractivity contribution in [3.8, 4) is 0 Å². The minimum atomic E-state index is -3.65. The van der Waals surface area contributed by atoms with Crippen molar-refractivity contribution in [2.24, 2.45) is 0 Å². The minimum Gasteiger partial charge on any atom is -0.399 e. The van der Waals surface area contributed by atoms with Gasteiger partial charge < -0.3 is 10.8 Å². The second kappa shape index (κ2) is 5.11. The van der Waals surface area contributed by atoms with Crippen LogP contribution < -0.4 is 10.5 Å². The molecule has 6 heteroatoms. The van der Waals surface area contributed by atoms with Gasteiger partial charge in [0.1, 0.15) is 0 Å². The van der Waals surface area contributed by atoms with E-state index in [1.54, 1.807) is 19.1 Å². The van der Waals surface area contributed by atoms with Gasteiger partial charge in [-0.3, -0.25) is 0 Å². The molecule has 0 aromatic heterocycles. The fraction of sp³-hybridized carbons (Fsp3) is 0.538. The summed E-state index contributed by atoms with van der Waals surface area (Å²) >= 11 is 0. The Bertz CT molecular complexity index is 543. The molecule has 1 fully saturated rings. The molecule has 2 rings (SSSR count). The Morgan fingerprint density at radius 2 is 1.95 bits per heavy atom. The summed E-state index contributed by atoms with van der Waals surface area (Å²) in [6.45, 7) is 1.63. The van der Waals surface area contributed by atoms with Crippen LogP contribution in [0.1, 0.15) is 31.2 Å². The number of aliphatic hydroxyl groups excluding tert-OH is 1. The monoisotopic (exact) mass is 284 g/mol. The lowest BCUT2D eigenvalue weighted by Crippen LogP contribution is -2.49. The van der Waals surface area contributed by atoms with E-state index >= 15 is 0 Å². The zero-order valence-corrected chi connectivity index (χ0v) is 11.8. The number of rotatable bonds is 4. The van der Waals surface area contributed by atoms with Crippen molar-refractivity contribution in [1.29, 1.82) is 0 Å². The molecule has 1 aromatic carbocycles. The van der Waals surface area contributed by atoms with Crippen LogP contribution >= 0.6 is 0 Å². The van der Waals surface area contributed by atoms with Crippen LogP contribution in [-0.4, -0.2) is 25.7 Å². The largest absolute Gasteiger partial charge is 0.399 e. The number of nitrogens with one attached hydrogen (secondary N) is 1. The van der Waals surface area contributed by atoms with E-state index in [9.17, 15) is 13.5 Å². The average Bonchev–Trinajstić information content (AvgIpc) is 2.76. The second-order valence-electron chi connectivity index (χ2n) is 5.33. The first-order valence-corrected chi connectivity index (χ1v) is 7.87. The molecule has 1 aliphatic carbocycles. The third kappa shape index (κ3) is 3.08. The number of hydrogen-bond acceptors (Lipinski definition) is 4. The fourth-order valence-corrected chi connectivity index (χ4v) is 4.21. The number of nitrogens with two attached hydrogens (primary N) is 1. The molecule has 1 saturated carbocycles. The Hall–Kier alpha value is -1.11. The molecule has 5 nitrogen and oxygen atoms in total. The maximum atomic E-state index is 12.4. The molecule has 0 atom stereocenters. The van der Waals surface area contributed by atoms with E-state index in [2.05, 4.69) is 4.72 Å². The molecule has 1 aliphatic rings. The topological polar surface area (TPSA) is 92.4 Å². The number of aryl methyl sites for hydroxylation is 1. The van der Waals surface area contributed by atoms with Crippen molar-refractivity contribution in [2.45, 2.75) is 43.0 Å². The maximum absolute atomic E-state index is 12.4. The summed E-state index contributed by atoms with van der Waals surface area (Å²) in [5.41, 5.74) is 6.19. The summed E-state index contributed by atoms with van der Waals surface area (Å²) in [5.74, 6) is 0. The molecule has 0 aliphatic heterocycles. The predicted molar refractivity (Wildman–Crippen MR) is 74.2 cm³/mol. The molecule has 0 saturated heterocycles. The van der Waals surface area contributed by atoms with Crippen LogP contribution in [0.3, 0.4) is 0 Å². The van der Waals surface area contributed by atoms with E-state index in [1.165, 1.54) is 6.07 Å². The number of hydrogen-bond donors (Lipinski definition) is 3. The summed E-state index contributed by atoms with van der Waals surface area (Å²) in [4.78, 5) is 0.157. The van der Waals surface area contributed by atoms with Crippen LogP contribution in [0.4, 0.5) is 5.69 Å². The van der Waals surface area contributed by atoms with E-state index in [1.807, 2.05) is 0 Å². The number of benzene rings is 1. The lowest BCUT2D eigenvalue weighted by Gasteiger charge is -2.27. The maximum Gasteiger partial charge on any atom is 0.241 e. The summed E-state index contributed by atoms with van der Waals surface area (Å²) in [7, 11) is -3.65. The average molecular weight is 284 g/mol. The predicted octanol–water partition coefficient (Wildman–Crippen LogP) is 1.16. The van der Waals surface area contributed by atoms with Gasteiger partial charge in [0.15, 0.2) is 0 Å². The van der Waals surface area contributed by atoms with Crippen molar-refractivity contribution in [3.05, 3.63) is 23.8 Å². The van der Waals surface area contributed by atoms with E-state index in [-0.39, 0.29) is 11.5 Å². The van der Waals surface area contributed by atoms with E-state index < -0.39 is 15.6 Å². The molecule has 0 spiro atoms. The standard InChI is InChI=1S/C13H20N2O3S/c1-10-6-11(14)8-12(7-10)19(17,18)15-13(9-16)4-2-3-5-13/h6-8,15-16H,2-5,9,14H2,1H3. The molecule has 0 radical (unpaired) electrons. The van der Waals surface area contributed by atoms with Crippen molar-refractivity contribution in [1.82, 2.24) is 4.72 Å². The first kappa shape index (κ1) is 14.3. The number of sulfonamides is 1. The van der Waals surface area contributed by atoms with Crippen molar-refractivity contribution >= 4 is 15.7 Å². The van der Waals surface area contributed by atoms with Gasteiger partial charge in [0.05, 0.1) is 17.0 Å². The van der Waals surface area contributed by atoms with E-state index in [0.717, 1.165) is 18.4 Å². The third-order valence-corrected chi connectivity index (χ3v) is 5.16. The minimum absolute atomic E-state index is 0.157. The molecule has 0 bridgehead atoms. The third-order valence-electron chi connectivity index (χ3n) is 3.60. The SMILES string of the molecule is Cc1cc(N)cc(S(=O)(=O)NC2(CO)CCCC2)c1. The first-order chi connectivity index (χ1) is 8.87. The van der Waals surface area contributed by atoms with Crippen LogP contribution in [0, 0.1) is 6.92 Å². The lowest BCUT2D eigenvalue weighted by atomic mass is 10.0. The fourth-order valence-electron chi connectivity index (χ4n) is 2.62. The molecule has 19 heavy (non-hydrogen) atoms. The zero-order valence-electron chi connectivity index (χ0n) is 11.0. The molecule has 0 amide bonds. The second-order valence-corrected chi connectivity index (χ2v) is 7.01. The Balaban J connectivity index is 2.32. The summed E-state index contributed by atoms with van der Waals surface area (Å²) < 4.78 is 27.4. The van der Waals surface area contributed by atoms with Gasteiger partial charge in [0.2, 0.25) is 10.0 Å². The van der Waals surface area contributed by atoms with Crippen LogP contribution in [0.5, 0.6) is 0 Å². The van der Waals surface area contributed by atoms with Crippen LogP contribution in [0.2, 0.25) is 0 Å². The van der Waals surface area contributed by atoms with Gasteiger partial charge in [0, 0.05) is 5.69 Å². The van der Waals surface area contributed by atoms with Crippen LogP contribution in [0.25, 0.3) is 0 Å². The van der Waals surface area contributed by atoms with Gasteiger partial charge in [0.25, 0.3) is 0 Å².